The third kappa shape index (κ3) is 20.8. The molecule has 0 saturated carbocycles. The van der Waals surface area contributed by atoms with E-state index in [1.807, 2.05) is 49.1 Å². The monoisotopic (exact) mass is 847 g/mol. The van der Waals surface area contributed by atoms with Crippen molar-refractivity contribution in [3.63, 3.8) is 0 Å². The first-order valence-corrected chi connectivity index (χ1v) is 22.8. The summed E-state index contributed by atoms with van der Waals surface area (Å²) < 4.78 is 25.6. The standard InChI is InChI=1S/C47H70N6O8/c1-39(61-47(57)49-31-19-7-2-4-12-28-44(54)58-34-22-10-8-20-32-52-37-50-40-24-14-16-26-42(40)52)36-60-45(55)29-13-5-3-6-18-30-48-46(56)59-35-23-11-9-21-33-53-38-51-41-25-15-17-27-43(41)53/h14-17,24-27,37-39H,2-13,18-23,28-36H2,1H3,(H,48,56)(H,49,57). The first-order chi connectivity index (χ1) is 29.9. The van der Waals surface area contributed by atoms with E-state index in [2.05, 4.69) is 41.9 Å². The first kappa shape index (κ1) is 48.5. The fourth-order valence-corrected chi connectivity index (χ4v) is 7.10. The van der Waals surface area contributed by atoms with Crippen molar-refractivity contribution >= 4 is 46.2 Å². The lowest BCUT2D eigenvalue weighted by Gasteiger charge is -2.14. The fourth-order valence-electron chi connectivity index (χ4n) is 7.10. The molecule has 0 saturated heterocycles. The molecular weight excluding hydrogens is 777 g/mol. The number of carbonyl (C=O) groups is 4. The van der Waals surface area contributed by atoms with Crippen LogP contribution in [0.1, 0.15) is 135 Å². The lowest BCUT2D eigenvalue weighted by Crippen LogP contribution is -2.31. The van der Waals surface area contributed by atoms with E-state index in [1.54, 1.807) is 6.92 Å². The normalized spacial score (nSPS) is 11.7. The Balaban J connectivity index is 0.828. The van der Waals surface area contributed by atoms with E-state index >= 15 is 0 Å². The second-order valence-corrected chi connectivity index (χ2v) is 15.8. The second kappa shape index (κ2) is 30.0. The second-order valence-electron chi connectivity index (χ2n) is 15.8. The zero-order valence-corrected chi connectivity index (χ0v) is 36.5. The van der Waals surface area contributed by atoms with Gasteiger partial charge in [0.05, 0.1) is 47.9 Å². The smallest absolute Gasteiger partial charge is 0.407 e. The number of ether oxygens (including phenoxy) is 4. The van der Waals surface area contributed by atoms with Crippen molar-refractivity contribution in [2.45, 2.75) is 155 Å². The molecule has 4 aromatic rings. The number of imidazole rings is 2. The minimum absolute atomic E-state index is 0.0190. The van der Waals surface area contributed by atoms with Gasteiger partial charge >= 0.3 is 24.1 Å². The van der Waals surface area contributed by atoms with Gasteiger partial charge < -0.3 is 38.7 Å². The van der Waals surface area contributed by atoms with Gasteiger partial charge in [-0.15, -0.1) is 0 Å². The Morgan fingerprint density at radius 1 is 0.525 bits per heavy atom. The molecule has 336 valence electrons. The summed E-state index contributed by atoms with van der Waals surface area (Å²) >= 11 is 0. The molecule has 0 aliphatic heterocycles. The van der Waals surface area contributed by atoms with E-state index in [4.69, 9.17) is 18.9 Å². The maximum Gasteiger partial charge on any atom is 0.407 e. The Morgan fingerprint density at radius 3 is 1.54 bits per heavy atom. The molecule has 0 aliphatic carbocycles. The van der Waals surface area contributed by atoms with Gasteiger partial charge in [0.15, 0.2) is 0 Å². The lowest BCUT2D eigenvalue weighted by molar-refractivity contribution is -0.146. The zero-order chi connectivity index (χ0) is 43.2. The molecule has 0 aliphatic rings. The highest BCUT2D eigenvalue weighted by atomic mass is 16.6. The van der Waals surface area contributed by atoms with Gasteiger partial charge in [0.1, 0.15) is 12.7 Å². The van der Waals surface area contributed by atoms with Crippen molar-refractivity contribution in [1.29, 1.82) is 0 Å². The number of carbonyl (C=O) groups excluding carboxylic acids is 4. The van der Waals surface area contributed by atoms with Crippen LogP contribution in [0.2, 0.25) is 0 Å². The van der Waals surface area contributed by atoms with Crippen LogP contribution in [0.4, 0.5) is 9.59 Å². The van der Waals surface area contributed by atoms with E-state index < -0.39 is 12.2 Å². The molecule has 0 spiro atoms. The number of alkyl carbamates (subject to hydrolysis) is 2. The number of rotatable bonds is 33. The molecule has 2 N–H and O–H groups in total. The number of para-hydroxylation sites is 4. The number of esters is 2. The summed E-state index contributed by atoms with van der Waals surface area (Å²) in [5.74, 6) is -0.431. The van der Waals surface area contributed by atoms with Crippen LogP contribution in [-0.4, -0.2) is 82.2 Å². The van der Waals surface area contributed by atoms with Crippen LogP contribution < -0.4 is 10.6 Å². The minimum atomic E-state index is -0.545. The molecule has 14 nitrogen and oxygen atoms in total. The Hall–Kier alpha value is -5.14. The van der Waals surface area contributed by atoms with Gasteiger partial charge in [-0.1, -0.05) is 75.6 Å². The van der Waals surface area contributed by atoms with Gasteiger partial charge in [-0.25, -0.2) is 19.6 Å². The maximum atomic E-state index is 12.1. The molecule has 2 aromatic heterocycles. The summed E-state index contributed by atoms with van der Waals surface area (Å²) in [5, 5.41) is 5.56. The SMILES string of the molecule is CC(COC(=O)CCCCCCCNC(=O)OCCCCCCn1cnc2ccccc21)OC(=O)NCCCCCCCC(=O)OCCCCCCn1cnc2ccccc21. The van der Waals surface area contributed by atoms with Crippen molar-refractivity contribution in [3.05, 3.63) is 61.2 Å². The third-order valence-corrected chi connectivity index (χ3v) is 10.6. The Bertz CT molecular complexity index is 1840. The van der Waals surface area contributed by atoms with E-state index in [1.165, 1.54) is 5.52 Å². The number of amides is 2. The molecule has 0 bridgehead atoms. The number of fused-ring (bicyclic) bond motifs is 2. The van der Waals surface area contributed by atoms with Crippen molar-refractivity contribution in [1.82, 2.24) is 29.7 Å². The van der Waals surface area contributed by atoms with E-state index in [0.29, 0.717) is 39.1 Å². The zero-order valence-electron chi connectivity index (χ0n) is 36.5. The quantitative estimate of drug-likeness (QED) is 0.0268. The Morgan fingerprint density at radius 2 is 0.967 bits per heavy atom. The number of aryl methyl sites for hydroxylation is 2. The lowest BCUT2D eigenvalue weighted by atomic mass is 10.1. The van der Waals surface area contributed by atoms with Crippen LogP contribution in [0, 0.1) is 0 Å². The predicted molar refractivity (Wildman–Crippen MR) is 237 cm³/mol. The summed E-state index contributed by atoms with van der Waals surface area (Å²) in [7, 11) is 0. The molecule has 2 heterocycles. The van der Waals surface area contributed by atoms with Crippen LogP contribution in [0.15, 0.2) is 61.2 Å². The summed E-state index contributed by atoms with van der Waals surface area (Å²) in [6.45, 7) is 5.57. The minimum Gasteiger partial charge on any atom is -0.466 e. The number of nitrogens with zero attached hydrogens (tertiary/aromatic N) is 4. The topological polar surface area (TPSA) is 165 Å². The molecule has 1 unspecified atom stereocenters. The molecule has 4 rings (SSSR count). The van der Waals surface area contributed by atoms with E-state index in [0.717, 1.165) is 145 Å². The molecule has 0 radical (unpaired) electrons. The van der Waals surface area contributed by atoms with Gasteiger partial charge in [-0.05, 0) is 95.4 Å². The van der Waals surface area contributed by atoms with Gasteiger partial charge in [-0.2, -0.15) is 0 Å². The number of unbranched alkanes of at least 4 members (excludes halogenated alkanes) is 14. The highest BCUT2D eigenvalue weighted by molar-refractivity contribution is 5.75. The van der Waals surface area contributed by atoms with Gasteiger partial charge in [0.25, 0.3) is 0 Å². The number of hydrogen-bond acceptors (Lipinski definition) is 10. The van der Waals surface area contributed by atoms with Crippen LogP contribution >= 0.6 is 0 Å². The molecule has 2 amide bonds. The highest BCUT2D eigenvalue weighted by Gasteiger charge is 2.12. The average Bonchev–Trinajstić information content (AvgIpc) is 3.88. The van der Waals surface area contributed by atoms with Gasteiger partial charge in [-0.3, -0.25) is 9.59 Å². The van der Waals surface area contributed by atoms with Gasteiger partial charge in [0.2, 0.25) is 0 Å². The van der Waals surface area contributed by atoms with Crippen LogP contribution in [0.5, 0.6) is 0 Å². The average molecular weight is 847 g/mol. The maximum absolute atomic E-state index is 12.1. The van der Waals surface area contributed by atoms with Crippen LogP contribution in [0.25, 0.3) is 22.1 Å². The molecule has 1 atom stereocenters. The van der Waals surface area contributed by atoms with E-state index in [-0.39, 0.29) is 24.6 Å². The molecule has 2 aromatic carbocycles. The van der Waals surface area contributed by atoms with Crippen molar-refractivity contribution < 1.29 is 38.1 Å². The Labute approximate surface area is 361 Å². The Kier molecular flexibility index (Phi) is 23.8. The number of benzene rings is 2. The summed E-state index contributed by atoms with van der Waals surface area (Å²) in [4.78, 5) is 57.1. The molecule has 0 fully saturated rings. The fraction of sp³-hybridized carbons (Fsp3) is 0.617. The molecule has 61 heavy (non-hydrogen) atoms. The molecular formula is C47H70N6O8. The largest absolute Gasteiger partial charge is 0.466 e. The number of hydrogen-bond donors (Lipinski definition) is 2. The van der Waals surface area contributed by atoms with Crippen molar-refractivity contribution in [2.24, 2.45) is 0 Å². The predicted octanol–water partition coefficient (Wildman–Crippen LogP) is 9.82. The van der Waals surface area contributed by atoms with Crippen LogP contribution in [0.3, 0.4) is 0 Å². The summed E-state index contributed by atoms with van der Waals surface area (Å²) in [6.07, 6.45) is 20.0. The van der Waals surface area contributed by atoms with Crippen molar-refractivity contribution in [2.75, 3.05) is 32.9 Å². The third-order valence-electron chi connectivity index (χ3n) is 10.6. The first-order valence-electron chi connectivity index (χ1n) is 22.8. The van der Waals surface area contributed by atoms with Gasteiger partial charge in [0, 0.05) is 39.0 Å². The highest BCUT2D eigenvalue weighted by Crippen LogP contribution is 2.15. The number of nitrogens with one attached hydrogen (secondary N) is 2. The van der Waals surface area contributed by atoms with E-state index in [9.17, 15) is 19.2 Å². The summed E-state index contributed by atoms with van der Waals surface area (Å²) in [6, 6.07) is 16.3. The summed E-state index contributed by atoms with van der Waals surface area (Å²) in [5.41, 5.74) is 4.37. The molecule has 14 heteroatoms. The van der Waals surface area contributed by atoms with Crippen molar-refractivity contribution in [3.8, 4) is 0 Å². The van der Waals surface area contributed by atoms with Crippen LogP contribution in [-0.2, 0) is 41.6 Å². The number of aromatic nitrogens is 4.